The van der Waals surface area contributed by atoms with Gasteiger partial charge in [0.15, 0.2) is 0 Å². The summed E-state index contributed by atoms with van der Waals surface area (Å²) in [6.07, 6.45) is 2.12. The van der Waals surface area contributed by atoms with Crippen molar-refractivity contribution < 1.29 is 0 Å². The van der Waals surface area contributed by atoms with Crippen molar-refractivity contribution >= 4 is 17.2 Å². The predicted octanol–water partition coefficient (Wildman–Crippen LogP) is 3.22. The van der Waals surface area contributed by atoms with E-state index in [4.69, 9.17) is 5.10 Å². The molecule has 0 radical (unpaired) electrons. The molecule has 1 atom stereocenters. The third kappa shape index (κ3) is 1.67. The summed E-state index contributed by atoms with van der Waals surface area (Å²) >= 11 is 1.76. The Morgan fingerprint density at radius 1 is 1.59 bits per heavy atom. The number of aryl methyl sites for hydroxylation is 1. The van der Waals surface area contributed by atoms with E-state index in [9.17, 15) is 0 Å². The maximum absolute atomic E-state index is 4.76. The molecule has 1 aliphatic heterocycles. The second-order valence-corrected chi connectivity index (χ2v) is 5.29. The zero-order chi connectivity index (χ0) is 11.8. The average Bonchev–Trinajstić information content (AvgIpc) is 2.97. The van der Waals surface area contributed by atoms with E-state index in [2.05, 4.69) is 40.7 Å². The summed E-state index contributed by atoms with van der Waals surface area (Å²) in [6, 6.07) is 2.63. The Labute approximate surface area is 105 Å². The van der Waals surface area contributed by atoms with Gasteiger partial charge in [-0.05, 0) is 42.2 Å². The minimum absolute atomic E-state index is 0.413. The van der Waals surface area contributed by atoms with Gasteiger partial charge in [-0.1, -0.05) is 6.92 Å². The molecule has 0 bridgehead atoms. The molecule has 0 saturated heterocycles. The zero-order valence-electron chi connectivity index (χ0n) is 10.2. The van der Waals surface area contributed by atoms with E-state index in [1.807, 2.05) is 0 Å². The van der Waals surface area contributed by atoms with E-state index >= 15 is 0 Å². The summed E-state index contributed by atoms with van der Waals surface area (Å²) in [5, 5.41) is 12.6. The Bertz CT molecular complexity index is 513. The van der Waals surface area contributed by atoms with Gasteiger partial charge in [-0.3, -0.25) is 0 Å². The van der Waals surface area contributed by atoms with Gasteiger partial charge in [0.1, 0.15) is 5.82 Å². The van der Waals surface area contributed by atoms with Gasteiger partial charge in [0, 0.05) is 12.1 Å². The SMILES string of the molecule is CCc1nn2c(c1C)NCCC2c1ccsc1. The van der Waals surface area contributed by atoms with Crippen LogP contribution in [0, 0.1) is 6.92 Å². The van der Waals surface area contributed by atoms with Crippen LogP contribution in [0.5, 0.6) is 0 Å². The van der Waals surface area contributed by atoms with Crippen LogP contribution >= 0.6 is 11.3 Å². The van der Waals surface area contributed by atoms with Crippen LogP contribution in [0.2, 0.25) is 0 Å². The molecule has 0 aromatic carbocycles. The quantitative estimate of drug-likeness (QED) is 0.883. The number of anilines is 1. The number of hydrogen-bond donors (Lipinski definition) is 1. The summed E-state index contributed by atoms with van der Waals surface area (Å²) < 4.78 is 2.18. The number of nitrogens with one attached hydrogen (secondary N) is 1. The largest absolute Gasteiger partial charge is 0.370 e. The van der Waals surface area contributed by atoms with Gasteiger partial charge < -0.3 is 5.32 Å². The maximum Gasteiger partial charge on any atom is 0.128 e. The molecule has 1 aliphatic rings. The molecule has 3 rings (SSSR count). The normalized spacial score (nSPS) is 18.8. The van der Waals surface area contributed by atoms with Crippen molar-refractivity contribution in [2.75, 3.05) is 11.9 Å². The summed E-state index contributed by atoms with van der Waals surface area (Å²) in [5.41, 5.74) is 3.92. The van der Waals surface area contributed by atoms with Gasteiger partial charge in [0.25, 0.3) is 0 Å². The van der Waals surface area contributed by atoms with Crippen LogP contribution in [0.1, 0.15) is 36.2 Å². The van der Waals surface area contributed by atoms with Crippen molar-refractivity contribution in [1.82, 2.24) is 9.78 Å². The molecule has 2 aromatic rings. The molecule has 0 fully saturated rings. The first-order chi connectivity index (χ1) is 8.31. The maximum atomic E-state index is 4.76. The van der Waals surface area contributed by atoms with Gasteiger partial charge >= 0.3 is 0 Å². The third-order valence-corrected chi connectivity index (χ3v) is 4.22. The Balaban J connectivity index is 2.08. The first-order valence-corrected chi connectivity index (χ1v) is 7.09. The highest BCUT2D eigenvalue weighted by molar-refractivity contribution is 7.07. The lowest BCUT2D eigenvalue weighted by molar-refractivity contribution is 0.479. The average molecular weight is 247 g/mol. The monoisotopic (exact) mass is 247 g/mol. The first kappa shape index (κ1) is 10.8. The lowest BCUT2D eigenvalue weighted by Gasteiger charge is -2.25. The van der Waals surface area contributed by atoms with Gasteiger partial charge in [0.2, 0.25) is 0 Å². The van der Waals surface area contributed by atoms with E-state index in [-0.39, 0.29) is 0 Å². The molecule has 17 heavy (non-hydrogen) atoms. The number of fused-ring (bicyclic) bond motifs is 1. The number of nitrogens with zero attached hydrogens (tertiary/aromatic N) is 2. The lowest BCUT2D eigenvalue weighted by atomic mass is 10.1. The van der Waals surface area contributed by atoms with E-state index in [0.29, 0.717) is 6.04 Å². The van der Waals surface area contributed by atoms with Crippen LogP contribution in [0.15, 0.2) is 16.8 Å². The fourth-order valence-corrected chi connectivity index (χ4v) is 3.27. The Morgan fingerprint density at radius 3 is 3.18 bits per heavy atom. The summed E-state index contributed by atoms with van der Waals surface area (Å²) in [5.74, 6) is 1.21. The highest BCUT2D eigenvalue weighted by atomic mass is 32.1. The first-order valence-electron chi connectivity index (χ1n) is 6.15. The van der Waals surface area contributed by atoms with E-state index < -0.39 is 0 Å². The fourth-order valence-electron chi connectivity index (χ4n) is 2.56. The molecule has 0 aliphatic carbocycles. The van der Waals surface area contributed by atoms with Crippen molar-refractivity contribution in [1.29, 1.82) is 0 Å². The van der Waals surface area contributed by atoms with Crippen molar-refractivity contribution in [3.63, 3.8) is 0 Å². The summed E-state index contributed by atoms with van der Waals surface area (Å²) in [6.45, 7) is 5.37. The van der Waals surface area contributed by atoms with E-state index in [0.717, 1.165) is 19.4 Å². The van der Waals surface area contributed by atoms with Crippen LogP contribution < -0.4 is 5.32 Å². The zero-order valence-corrected chi connectivity index (χ0v) is 11.0. The highest BCUT2D eigenvalue weighted by Crippen LogP contribution is 2.33. The number of thiophene rings is 1. The van der Waals surface area contributed by atoms with Gasteiger partial charge in [-0.2, -0.15) is 16.4 Å². The smallest absolute Gasteiger partial charge is 0.128 e. The molecule has 0 spiro atoms. The van der Waals surface area contributed by atoms with Crippen LogP contribution in [-0.4, -0.2) is 16.3 Å². The topological polar surface area (TPSA) is 29.9 Å². The molecular weight excluding hydrogens is 230 g/mol. The number of hydrogen-bond acceptors (Lipinski definition) is 3. The summed E-state index contributed by atoms with van der Waals surface area (Å²) in [7, 11) is 0. The van der Waals surface area contributed by atoms with E-state index in [1.165, 1.54) is 22.6 Å². The predicted molar refractivity (Wildman–Crippen MR) is 71.9 cm³/mol. The molecule has 4 heteroatoms. The second kappa shape index (κ2) is 4.18. The van der Waals surface area contributed by atoms with Gasteiger partial charge in [0.05, 0.1) is 11.7 Å². The van der Waals surface area contributed by atoms with Crippen LogP contribution in [-0.2, 0) is 6.42 Å². The number of rotatable bonds is 2. The molecule has 1 N–H and O–H groups in total. The fraction of sp³-hybridized carbons (Fsp3) is 0.462. The van der Waals surface area contributed by atoms with Gasteiger partial charge in [-0.25, -0.2) is 4.68 Å². The summed E-state index contributed by atoms with van der Waals surface area (Å²) in [4.78, 5) is 0. The Hall–Kier alpha value is -1.29. The van der Waals surface area contributed by atoms with Gasteiger partial charge in [-0.15, -0.1) is 0 Å². The molecule has 2 aromatic heterocycles. The van der Waals surface area contributed by atoms with Crippen molar-refractivity contribution in [2.45, 2.75) is 32.7 Å². The Kier molecular flexibility index (Phi) is 2.67. The molecule has 0 saturated carbocycles. The minimum Gasteiger partial charge on any atom is -0.370 e. The molecular formula is C13H17N3S. The third-order valence-electron chi connectivity index (χ3n) is 3.51. The molecule has 0 amide bonds. The molecule has 3 heterocycles. The van der Waals surface area contributed by atoms with Crippen LogP contribution in [0.4, 0.5) is 5.82 Å². The Morgan fingerprint density at radius 2 is 2.47 bits per heavy atom. The van der Waals surface area contributed by atoms with Crippen molar-refractivity contribution in [3.8, 4) is 0 Å². The van der Waals surface area contributed by atoms with Crippen LogP contribution in [0.25, 0.3) is 0 Å². The minimum atomic E-state index is 0.413. The van der Waals surface area contributed by atoms with Crippen LogP contribution in [0.3, 0.4) is 0 Å². The van der Waals surface area contributed by atoms with Crippen molar-refractivity contribution in [3.05, 3.63) is 33.6 Å². The lowest BCUT2D eigenvalue weighted by Crippen LogP contribution is -2.24. The molecule has 1 unspecified atom stereocenters. The number of aromatic nitrogens is 2. The van der Waals surface area contributed by atoms with Crippen molar-refractivity contribution in [2.24, 2.45) is 0 Å². The second-order valence-electron chi connectivity index (χ2n) is 4.51. The van der Waals surface area contributed by atoms with E-state index in [1.54, 1.807) is 11.3 Å². The standard InChI is InChI=1S/C13H17N3S/c1-3-11-9(2)13-14-6-4-12(16(13)15-11)10-5-7-17-8-10/h5,7-8,12,14H,3-4,6H2,1-2H3. The molecule has 90 valence electrons. The highest BCUT2D eigenvalue weighted by Gasteiger charge is 2.25. The molecule has 3 nitrogen and oxygen atoms in total.